The van der Waals surface area contributed by atoms with Crippen LogP contribution in [-0.2, 0) is 22.2 Å². The van der Waals surface area contributed by atoms with Gasteiger partial charge in [-0.15, -0.1) is 0 Å². The van der Waals surface area contributed by atoms with Crippen LogP contribution in [0.4, 0.5) is 8.78 Å². The molecule has 27 heavy (non-hydrogen) atoms. The molecule has 0 aromatic heterocycles. The molecular formula is C20H24F2N2O2S. The fraction of sp³-hybridized carbons (Fsp3) is 0.400. The van der Waals surface area contributed by atoms with Gasteiger partial charge in [0.1, 0.15) is 11.6 Å². The third kappa shape index (κ3) is 5.82. The number of aryl methyl sites for hydroxylation is 1. The highest BCUT2D eigenvalue weighted by Crippen LogP contribution is 2.15. The van der Waals surface area contributed by atoms with Crippen LogP contribution < -0.4 is 0 Å². The van der Waals surface area contributed by atoms with Gasteiger partial charge in [0.2, 0.25) is 10.0 Å². The van der Waals surface area contributed by atoms with Crippen LogP contribution >= 0.6 is 0 Å². The number of halogens is 2. The Bertz CT molecular complexity index is 831. The molecule has 1 saturated heterocycles. The Balaban J connectivity index is 1.43. The molecule has 4 nitrogen and oxygen atoms in total. The molecule has 0 spiro atoms. The quantitative estimate of drug-likeness (QED) is 0.725. The predicted octanol–water partition coefficient (Wildman–Crippen LogP) is 3.05. The summed E-state index contributed by atoms with van der Waals surface area (Å²) in [5, 5.41) is 0. The van der Waals surface area contributed by atoms with Crippen LogP contribution in [0.1, 0.15) is 17.5 Å². The Morgan fingerprint density at radius 2 is 1.30 bits per heavy atom. The Morgan fingerprint density at radius 1 is 0.778 bits per heavy atom. The smallest absolute Gasteiger partial charge is 0.218 e. The van der Waals surface area contributed by atoms with Crippen molar-refractivity contribution in [1.29, 1.82) is 0 Å². The van der Waals surface area contributed by atoms with Gasteiger partial charge < -0.3 is 4.90 Å². The number of hydrogen-bond acceptors (Lipinski definition) is 3. The minimum absolute atomic E-state index is 0.0994. The standard InChI is InChI=1S/C20H24F2N2O2S/c21-19-7-3-17(4-8-19)2-1-11-23-12-14-24(15-13-23)27(25,26)16-18-5-9-20(22)10-6-18/h3-10H,1-2,11-16H2. The molecule has 2 aromatic carbocycles. The van der Waals surface area contributed by atoms with Gasteiger partial charge >= 0.3 is 0 Å². The van der Waals surface area contributed by atoms with Gasteiger partial charge in [-0.1, -0.05) is 24.3 Å². The van der Waals surface area contributed by atoms with Gasteiger partial charge in [-0.3, -0.25) is 0 Å². The second-order valence-electron chi connectivity index (χ2n) is 6.85. The minimum atomic E-state index is -3.39. The van der Waals surface area contributed by atoms with Crippen LogP contribution in [0.2, 0.25) is 0 Å². The van der Waals surface area contributed by atoms with Crippen LogP contribution in [0.5, 0.6) is 0 Å². The highest BCUT2D eigenvalue weighted by molar-refractivity contribution is 7.88. The molecule has 1 aliphatic heterocycles. The van der Waals surface area contributed by atoms with Crippen molar-refractivity contribution in [3.63, 3.8) is 0 Å². The maximum Gasteiger partial charge on any atom is 0.218 e. The van der Waals surface area contributed by atoms with E-state index < -0.39 is 10.0 Å². The zero-order valence-electron chi connectivity index (χ0n) is 15.2. The van der Waals surface area contributed by atoms with Crippen LogP contribution in [0.15, 0.2) is 48.5 Å². The summed E-state index contributed by atoms with van der Waals surface area (Å²) in [4.78, 5) is 2.26. The summed E-state index contributed by atoms with van der Waals surface area (Å²) in [7, 11) is -3.39. The molecule has 0 aliphatic carbocycles. The van der Waals surface area contributed by atoms with Crippen molar-refractivity contribution in [2.75, 3.05) is 32.7 Å². The first kappa shape index (κ1) is 19.9. The molecule has 0 radical (unpaired) electrons. The first-order valence-electron chi connectivity index (χ1n) is 9.11. The number of rotatable bonds is 7. The maximum atomic E-state index is 13.0. The van der Waals surface area contributed by atoms with Gasteiger partial charge in [-0.25, -0.2) is 17.2 Å². The van der Waals surface area contributed by atoms with Crippen molar-refractivity contribution < 1.29 is 17.2 Å². The van der Waals surface area contributed by atoms with Crippen molar-refractivity contribution >= 4 is 10.0 Å². The molecule has 0 bridgehead atoms. The molecule has 0 saturated carbocycles. The lowest BCUT2D eigenvalue weighted by Crippen LogP contribution is -2.49. The van der Waals surface area contributed by atoms with E-state index in [4.69, 9.17) is 0 Å². The molecule has 7 heteroatoms. The molecule has 3 rings (SSSR count). The predicted molar refractivity (Wildman–Crippen MR) is 102 cm³/mol. The number of sulfonamides is 1. The second kappa shape index (κ2) is 8.91. The Labute approximate surface area is 159 Å². The van der Waals surface area contributed by atoms with Gasteiger partial charge in [0.15, 0.2) is 0 Å². The van der Waals surface area contributed by atoms with Crippen LogP contribution in [0.3, 0.4) is 0 Å². The lowest BCUT2D eigenvalue weighted by molar-refractivity contribution is 0.186. The topological polar surface area (TPSA) is 40.6 Å². The summed E-state index contributed by atoms with van der Waals surface area (Å²) >= 11 is 0. The van der Waals surface area contributed by atoms with Gasteiger partial charge in [0, 0.05) is 26.2 Å². The van der Waals surface area contributed by atoms with Crippen molar-refractivity contribution in [3.05, 3.63) is 71.3 Å². The zero-order valence-corrected chi connectivity index (χ0v) is 16.0. The summed E-state index contributed by atoms with van der Waals surface area (Å²) in [6, 6.07) is 12.1. The van der Waals surface area contributed by atoms with E-state index in [-0.39, 0.29) is 17.4 Å². The third-order valence-electron chi connectivity index (χ3n) is 4.84. The van der Waals surface area contributed by atoms with Crippen LogP contribution in [-0.4, -0.2) is 50.3 Å². The largest absolute Gasteiger partial charge is 0.301 e. The molecular weight excluding hydrogens is 370 g/mol. The molecule has 0 amide bonds. The fourth-order valence-electron chi connectivity index (χ4n) is 3.27. The minimum Gasteiger partial charge on any atom is -0.301 e. The first-order valence-corrected chi connectivity index (χ1v) is 10.7. The summed E-state index contributed by atoms with van der Waals surface area (Å²) in [6.45, 7) is 3.24. The molecule has 0 atom stereocenters. The summed E-state index contributed by atoms with van der Waals surface area (Å²) in [5.41, 5.74) is 1.70. The number of nitrogens with zero attached hydrogens (tertiary/aromatic N) is 2. The van der Waals surface area contributed by atoms with Crippen molar-refractivity contribution in [3.8, 4) is 0 Å². The van der Waals surface area contributed by atoms with Crippen LogP contribution in [0, 0.1) is 11.6 Å². The average molecular weight is 394 g/mol. The summed E-state index contributed by atoms with van der Waals surface area (Å²) in [5.74, 6) is -0.695. The van der Waals surface area contributed by atoms with E-state index in [1.54, 1.807) is 12.1 Å². The van der Waals surface area contributed by atoms with E-state index in [2.05, 4.69) is 4.90 Å². The second-order valence-corrected chi connectivity index (χ2v) is 8.82. The third-order valence-corrected chi connectivity index (χ3v) is 6.69. The Hall–Kier alpha value is -1.83. The van der Waals surface area contributed by atoms with Gasteiger partial charge in [-0.2, -0.15) is 4.31 Å². The Morgan fingerprint density at radius 3 is 1.85 bits per heavy atom. The number of piperazine rings is 1. The van der Waals surface area contributed by atoms with Crippen molar-refractivity contribution in [2.45, 2.75) is 18.6 Å². The molecule has 0 N–H and O–H groups in total. The van der Waals surface area contributed by atoms with E-state index in [1.165, 1.54) is 40.7 Å². The molecule has 1 aliphatic rings. The van der Waals surface area contributed by atoms with E-state index in [9.17, 15) is 17.2 Å². The maximum absolute atomic E-state index is 13.0. The van der Waals surface area contributed by atoms with E-state index >= 15 is 0 Å². The average Bonchev–Trinajstić information content (AvgIpc) is 2.65. The fourth-order valence-corrected chi connectivity index (χ4v) is 4.79. The molecule has 146 valence electrons. The molecule has 1 fully saturated rings. The highest BCUT2D eigenvalue weighted by Gasteiger charge is 2.26. The SMILES string of the molecule is O=S(=O)(Cc1ccc(F)cc1)N1CCN(CCCc2ccc(F)cc2)CC1. The highest BCUT2D eigenvalue weighted by atomic mass is 32.2. The summed E-state index contributed by atoms with van der Waals surface area (Å²) in [6.07, 6.45) is 1.83. The molecule has 0 unspecified atom stereocenters. The first-order chi connectivity index (χ1) is 12.9. The van der Waals surface area contributed by atoms with E-state index in [0.717, 1.165) is 24.9 Å². The van der Waals surface area contributed by atoms with E-state index in [0.29, 0.717) is 31.7 Å². The zero-order chi connectivity index (χ0) is 19.3. The summed E-state index contributed by atoms with van der Waals surface area (Å²) < 4.78 is 52.5. The van der Waals surface area contributed by atoms with Gasteiger partial charge in [0.25, 0.3) is 0 Å². The monoisotopic (exact) mass is 394 g/mol. The van der Waals surface area contributed by atoms with Gasteiger partial charge in [0.05, 0.1) is 5.75 Å². The van der Waals surface area contributed by atoms with Crippen molar-refractivity contribution in [1.82, 2.24) is 9.21 Å². The number of benzene rings is 2. The number of hydrogen-bond donors (Lipinski definition) is 0. The van der Waals surface area contributed by atoms with Gasteiger partial charge in [-0.05, 0) is 54.8 Å². The Kier molecular flexibility index (Phi) is 6.57. The lowest BCUT2D eigenvalue weighted by Gasteiger charge is -2.34. The normalized spacial score (nSPS) is 16.5. The molecule has 1 heterocycles. The van der Waals surface area contributed by atoms with Crippen LogP contribution in [0.25, 0.3) is 0 Å². The van der Waals surface area contributed by atoms with Crippen molar-refractivity contribution in [2.24, 2.45) is 0 Å². The lowest BCUT2D eigenvalue weighted by atomic mass is 10.1. The molecule has 2 aromatic rings. The van der Waals surface area contributed by atoms with E-state index in [1.807, 2.05) is 0 Å².